The van der Waals surface area contributed by atoms with Gasteiger partial charge in [0.15, 0.2) is 12.4 Å². The number of nitrogens with zero attached hydrogens (tertiary/aromatic N) is 1. The third-order valence-corrected chi connectivity index (χ3v) is 3.23. The van der Waals surface area contributed by atoms with Crippen molar-refractivity contribution in [3.63, 3.8) is 0 Å². The van der Waals surface area contributed by atoms with Crippen LogP contribution in [0.2, 0.25) is 0 Å². The van der Waals surface area contributed by atoms with E-state index >= 15 is 0 Å². The van der Waals surface area contributed by atoms with E-state index in [1.165, 1.54) is 24.3 Å². The van der Waals surface area contributed by atoms with Crippen LogP contribution in [-0.2, 0) is 4.79 Å². The molecule has 2 aromatic rings. The Bertz CT molecular complexity index is 739. The fourth-order valence-corrected chi connectivity index (χ4v) is 1.89. The number of benzene rings is 2. The van der Waals surface area contributed by atoms with E-state index in [1.807, 2.05) is 0 Å². The highest BCUT2D eigenvalue weighted by atomic mass is 16.6. The fraction of sp³-hybridized carbons (Fsp3) is 0.176. The number of Topliss-reactive ketones (excluding diaryl/α,β-unsaturated/α-hetero) is 1. The van der Waals surface area contributed by atoms with Gasteiger partial charge in [-0.25, -0.2) is 0 Å². The van der Waals surface area contributed by atoms with Crippen LogP contribution in [0.15, 0.2) is 48.5 Å². The highest BCUT2D eigenvalue weighted by molar-refractivity contribution is 5.98. The molecule has 0 aromatic heterocycles. The molecule has 1 amide bonds. The van der Waals surface area contributed by atoms with Crippen LogP contribution in [0.25, 0.3) is 0 Å². The van der Waals surface area contributed by atoms with E-state index in [-0.39, 0.29) is 24.0 Å². The number of anilines is 1. The van der Waals surface area contributed by atoms with Crippen LogP contribution in [0, 0.1) is 10.1 Å². The molecule has 0 spiro atoms. The first-order valence-electron chi connectivity index (χ1n) is 7.30. The molecule has 7 heteroatoms. The van der Waals surface area contributed by atoms with Crippen LogP contribution < -0.4 is 10.1 Å². The zero-order valence-corrected chi connectivity index (χ0v) is 13.0. The second-order valence-corrected chi connectivity index (χ2v) is 4.94. The van der Waals surface area contributed by atoms with E-state index in [4.69, 9.17) is 4.74 Å². The quantitative estimate of drug-likeness (QED) is 0.478. The van der Waals surface area contributed by atoms with Crippen molar-refractivity contribution in [2.75, 3.05) is 11.9 Å². The van der Waals surface area contributed by atoms with Gasteiger partial charge in [-0.05, 0) is 36.4 Å². The van der Waals surface area contributed by atoms with Gasteiger partial charge in [0.25, 0.3) is 5.69 Å². The van der Waals surface area contributed by atoms with E-state index in [1.54, 1.807) is 31.2 Å². The molecule has 0 saturated heterocycles. The molecular formula is C17H16N2O5. The summed E-state index contributed by atoms with van der Waals surface area (Å²) >= 11 is 0. The SMILES string of the molecule is CCC(=O)Nc1ccc(C(=O)COc2ccc([N+](=O)[O-])cc2)cc1. The molecule has 124 valence electrons. The zero-order valence-electron chi connectivity index (χ0n) is 13.0. The van der Waals surface area contributed by atoms with E-state index < -0.39 is 4.92 Å². The summed E-state index contributed by atoms with van der Waals surface area (Å²) in [6.07, 6.45) is 0.379. The molecule has 0 heterocycles. The maximum atomic E-state index is 12.1. The lowest BCUT2D eigenvalue weighted by Crippen LogP contribution is -2.12. The van der Waals surface area contributed by atoms with Crippen LogP contribution in [0.5, 0.6) is 5.75 Å². The molecule has 0 unspecified atom stereocenters. The smallest absolute Gasteiger partial charge is 0.269 e. The maximum absolute atomic E-state index is 12.1. The Balaban J connectivity index is 1.92. The predicted molar refractivity (Wildman–Crippen MR) is 88.3 cm³/mol. The lowest BCUT2D eigenvalue weighted by Gasteiger charge is -2.07. The van der Waals surface area contributed by atoms with Crippen molar-refractivity contribution >= 4 is 23.1 Å². The molecule has 0 radical (unpaired) electrons. The molecular weight excluding hydrogens is 312 g/mol. The lowest BCUT2D eigenvalue weighted by atomic mass is 10.1. The minimum atomic E-state index is -0.506. The second kappa shape index (κ2) is 7.87. The monoisotopic (exact) mass is 328 g/mol. The molecule has 0 saturated carbocycles. The third-order valence-electron chi connectivity index (χ3n) is 3.23. The Morgan fingerprint density at radius 1 is 1.08 bits per heavy atom. The van der Waals surface area contributed by atoms with Gasteiger partial charge in [0, 0.05) is 29.8 Å². The Morgan fingerprint density at radius 2 is 1.71 bits per heavy atom. The number of ketones is 1. The number of ether oxygens (including phenoxy) is 1. The number of hydrogen-bond acceptors (Lipinski definition) is 5. The van der Waals surface area contributed by atoms with Gasteiger partial charge in [-0.15, -0.1) is 0 Å². The number of nitro groups is 1. The summed E-state index contributed by atoms with van der Waals surface area (Å²) in [5.74, 6) is 0.0399. The number of rotatable bonds is 7. The highest BCUT2D eigenvalue weighted by Gasteiger charge is 2.09. The summed E-state index contributed by atoms with van der Waals surface area (Å²) in [6.45, 7) is 1.57. The second-order valence-electron chi connectivity index (χ2n) is 4.94. The van der Waals surface area contributed by atoms with Gasteiger partial charge < -0.3 is 10.1 Å². The van der Waals surface area contributed by atoms with Gasteiger partial charge in [0.05, 0.1) is 4.92 Å². The molecule has 2 rings (SSSR count). The number of carbonyl (C=O) groups excluding carboxylic acids is 2. The average molecular weight is 328 g/mol. The molecule has 0 aliphatic heterocycles. The molecule has 0 atom stereocenters. The molecule has 24 heavy (non-hydrogen) atoms. The number of amides is 1. The van der Waals surface area contributed by atoms with Gasteiger partial charge in [0.1, 0.15) is 5.75 Å². The van der Waals surface area contributed by atoms with Crippen molar-refractivity contribution in [2.24, 2.45) is 0 Å². The molecule has 1 N–H and O–H groups in total. The summed E-state index contributed by atoms with van der Waals surface area (Å²) in [5.41, 5.74) is 1.03. The van der Waals surface area contributed by atoms with Gasteiger partial charge in [-0.1, -0.05) is 6.92 Å². The van der Waals surface area contributed by atoms with Gasteiger partial charge >= 0.3 is 0 Å². The Labute approximate surface area is 138 Å². The van der Waals surface area contributed by atoms with Crippen molar-refractivity contribution in [3.8, 4) is 5.75 Å². The maximum Gasteiger partial charge on any atom is 0.269 e. The van der Waals surface area contributed by atoms with Crippen molar-refractivity contribution in [3.05, 3.63) is 64.2 Å². The molecule has 7 nitrogen and oxygen atoms in total. The summed E-state index contributed by atoms with van der Waals surface area (Å²) < 4.78 is 5.33. The van der Waals surface area contributed by atoms with Crippen LogP contribution in [0.3, 0.4) is 0 Å². The molecule has 0 aliphatic rings. The first-order chi connectivity index (χ1) is 11.5. The van der Waals surface area contributed by atoms with E-state index in [0.717, 1.165) is 0 Å². The summed E-state index contributed by atoms with van der Waals surface area (Å²) in [4.78, 5) is 33.4. The Kier molecular flexibility index (Phi) is 5.62. The molecule has 0 fully saturated rings. The standard InChI is InChI=1S/C17H16N2O5/c1-2-17(21)18-13-5-3-12(4-6-13)16(20)11-24-15-9-7-14(8-10-15)19(22)23/h3-10H,2,11H2,1H3,(H,18,21). The molecule has 0 bridgehead atoms. The van der Waals surface area contributed by atoms with Gasteiger partial charge in [-0.3, -0.25) is 19.7 Å². The number of nitro benzene ring substituents is 1. The topological polar surface area (TPSA) is 98.5 Å². The average Bonchev–Trinajstić information content (AvgIpc) is 2.60. The number of carbonyl (C=O) groups is 2. The normalized spacial score (nSPS) is 10.0. The number of nitrogens with one attached hydrogen (secondary N) is 1. The highest BCUT2D eigenvalue weighted by Crippen LogP contribution is 2.18. The van der Waals surface area contributed by atoms with E-state index in [2.05, 4.69) is 5.32 Å². The first-order valence-corrected chi connectivity index (χ1v) is 7.30. The van der Waals surface area contributed by atoms with E-state index in [0.29, 0.717) is 23.4 Å². The first kappa shape index (κ1) is 17.1. The van der Waals surface area contributed by atoms with Crippen molar-refractivity contribution in [2.45, 2.75) is 13.3 Å². The third kappa shape index (κ3) is 4.64. The number of hydrogen-bond donors (Lipinski definition) is 1. The van der Waals surface area contributed by atoms with Crippen molar-refractivity contribution in [1.82, 2.24) is 0 Å². The molecule has 2 aromatic carbocycles. The lowest BCUT2D eigenvalue weighted by molar-refractivity contribution is -0.384. The predicted octanol–water partition coefficient (Wildman–Crippen LogP) is 3.21. The van der Waals surface area contributed by atoms with Crippen LogP contribution in [-0.4, -0.2) is 23.2 Å². The zero-order chi connectivity index (χ0) is 17.5. The van der Waals surface area contributed by atoms with Crippen molar-refractivity contribution in [1.29, 1.82) is 0 Å². The largest absolute Gasteiger partial charge is 0.485 e. The minimum Gasteiger partial charge on any atom is -0.485 e. The minimum absolute atomic E-state index is 0.0432. The molecule has 0 aliphatic carbocycles. The fourth-order valence-electron chi connectivity index (χ4n) is 1.89. The number of non-ortho nitro benzene ring substituents is 1. The van der Waals surface area contributed by atoms with Crippen LogP contribution in [0.4, 0.5) is 11.4 Å². The van der Waals surface area contributed by atoms with Crippen LogP contribution >= 0.6 is 0 Å². The summed E-state index contributed by atoms with van der Waals surface area (Å²) in [6, 6.07) is 12.0. The van der Waals surface area contributed by atoms with Crippen molar-refractivity contribution < 1.29 is 19.2 Å². The summed E-state index contributed by atoms with van der Waals surface area (Å²) in [5, 5.41) is 13.3. The Hall–Kier alpha value is -3.22. The van der Waals surface area contributed by atoms with Crippen LogP contribution in [0.1, 0.15) is 23.7 Å². The van der Waals surface area contributed by atoms with Gasteiger partial charge in [-0.2, -0.15) is 0 Å². The summed E-state index contributed by atoms with van der Waals surface area (Å²) in [7, 11) is 0. The van der Waals surface area contributed by atoms with E-state index in [9.17, 15) is 19.7 Å². The Morgan fingerprint density at radius 3 is 2.25 bits per heavy atom. The van der Waals surface area contributed by atoms with Gasteiger partial charge in [0.2, 0.25) is 5.91 Å².